The summed E-state index contributed by atoms with van der Waals surface area (Å²) in [5.41, 5.74) is 0.0366. The van der Waals surface area contributed by atoms with Gasteiger partial charge in [0.25, 0.3) is 0 Å². The van der Waals surface area contributed by atoms with Crippen LogP contribution in [0.2, 0.25) is 0 Å². The van der Waals surface area contributed by atoms with Gasteiger partial charge in [0.2, 0.25) is 0 Å². The average Bonchev–Trinajstić information content (AvgIpc) is 2.00. The molecule has 0 aliphatic rings. The summed E-state index contributed by atoms with van der Waals surface area (Å²) in [5.74, 6) is 0. The minimum absolute atomic E-state index is 0.00694. The van der Waals surface area contributed by atoms with Gasteiger partial charge < -0.3 is 4.79 Å². The monoisotopic (exact) mass is 198 g/mol. The van der Waals surface area contributed by atoms with Gasteiger partial charge in [0, 0.05) is 11.6 Å². The number of rotatable bonds is 5. The summed E-state index contributed by atoms with van der Waals surface area (Å²) >= 11 is 0. The zero-order chi connectivity index (χ0) is 11.4. The summed E-state index contributed by atoms with van der Waals surface area (Å²) in [6.07, 6.45) is 2.71. The summed E-state index contributed by atoms with van der Waals surface area (Å²) in [6.45, 7) is 14.5. The van der Waals surface area contributed by atoms with Gasteiger partial charge in [0.15, 0.2) is 0 Å². The van der Waals surface area contributed by atoms with Gasteiger partial charge in [0.1, 0.15) is 6.29 Å². The van der Waals surface area contributed by atoms with Crippen LogP contribution in [0.1, 0.15) is 47.5 Å². The van der Waals surface area contributed by atoms with Gasteiger partial charge in [-0.25, -0.2) is 0 Å². The lowest BCUT2D eigenvalue weighted by atomic mass is 9.98. The minimum Gasteiger partial charge on any atom is -0.302 e. The predicted molar refractivity (Wildman–Crippen MR) is 61.2 cm³/mol. The zero-order valence-corrected chi connectivity index (χ0v) is 10.2. The van der Waals surface area contributed by atoms with Crippen LogP contribution in [-0.2, 0) is 4.79 Å². The number of aldehydes is 1. The molecular weight excluding hydrogens is 174 g/mol. The standard InChI is InChI=1S/C12H24NO/c1-7-8-11(9-14)13(10(2)3)12(4,5)6/h9-11H,1,7-8H2,2-6H3. The Balaban J connectivity index is 4.70. The number of carbonyl (C=O) groups is 1. The fraction of sp³-hybridized carbons (Fsp3) is 0.833. The molecule has 83 valence electrons. The molecule has 1 radical (unpaired) electrons. The first kappa shape index (κ1) is 13.6. The molecule has 0 aromatic heterocycles. The van der Waals surface area contributed by atoms with Crippen molar-refractivity contribution in [2.75, 3.05) is 0 Å². The summed E-state index contributed by atoms with van der Waals surface area (Å²) in [7, 11) is 0. The summed E-state index contributed by atoms with van der Waals surface area (Å²) in [5, 5.41) is 0. The lowest BCUT2D eigenvalue weighted by Crippen LogP contribution is -2.52. The largest absolute Gasteiger partial charge is 0.302 e. The first-order valence-electron chi connectivity index (χ1n) is 5.37. The third-order valence-corrected chi connectivity index (χ3v) is 2.35. The van der Waals surface area contributed by atoms with E-state index in [4.69, 9.17) is 0 Å². The van der Waals surface area contributed by atoms with Crippen molar-refractivity contribution in [2.45, 2.75) is 65.1 Å². The van der Waals surface area contributed by atoms with E-state index in [0.717, 1.165) is 19.1 Å². The van der Waals surface area contributed by atoms with Crippen LogP contribution in [0, 0.1) is 6.92 Å². The zero-order valence-electron chi connectivity index (χ0n) is 10.2. The smallest absolute Gasteiger partial charge is 0.137 e. The molecule has 0 saturated carbocycles. The van der Waals surface area contributed by atoms with Gasteiger partial charge in [-0.15, -0.1) is 0 Å². The van der Waals surface area contributed by atoms with Gasteiger partial charge in [0.05, 0.1) is 6.04 Å². The van der Waals surface area contributed by atoms with E-state index in [9.17, 15) is 4.79 Å². The van der Waals surface area contributed by atoms with Crippen LogP contribution in [-0.4, -0.2) is 28.8 Å². The second-order valence-electron chi connectivity index (χ2n) is 5.02. The molecule has 0 aliphatic heterocycles. The van der Waals surface area contributed by atoms with Crippen molar-refractivity contribution in [3.63, 3.8) is 0 Å². The van der Waals surface area contributed by atoms with Crippen molar-refractivity contribution in [3.05, 3.63) is 6.92 Å². The normalized spacial score (nSPS) is 14.9. The molecule has 14 heavy (non-hydrogen) atoms. The van der Waals surface area contributed by atoms with E-state index in [0.29, 0.717) is 6.04 Å². The van der Waals surface area contributed by atoms with Gasteiger partial charge >= 0.3 is 0 Å². The Morgan fingerprint density at radius 1 is 1.36 bits per heavy atom. The highest BCUT2D eigenvalue weighted by atomic mass is 16.1. The maximum absolute atomic E-state index is 11.0. The van der Waals surface area contributed by atoms with E-state index < -0.39 is 0 Å². The van der Waals surface area contributed by atoms with Gasteiger partial charge in [-0.2, -0.15) is 0 Å². The van der Waals surface area contributed by atoms with Crippen LogP contribution in [0.3, 0.4) is 0 Å². The first-order chi connectivity index (χ1) is 6.34. The maximum atomic E-state index is 11.0. The highest BCUT2D eigenvalue weighted by molar-refractivity contribution is 5.57. The summed E-state index contributed by atoms with van der Waals surface area (Å²) in [6, 6.07) is 0.393. The number of hydrogen-bond donors (Lipinski definition) is 0. The fourth-order valence-corrected chi connectivity index (χ4v) is 2.14. The van der Waals surface area contributed by atoms with Crippen molar-refractivity contribution in [3.8, 4) is 0 Å². The predicted octanol–water partition coefficient (Wildman–Crippen LogP) is 2.68. The molecule has 0 heterocycles. The quantitative estimate of drug-likeness (QED) is 0.633. The minimum atomic E-state index is 0.00694. The highest BCUT2D eigenvalue weighted by Crippen LogP contribution is 2.21. The van der Waals surface area contributed by atoms with E-state index in [1.807, 2.05) is 0 Å². The molecule has 0 saturated heterocycles. The SMILES string of the molecule is [CH2]CCC(C=O)N(C(C)C)C(C)(C)C. The number of carbonyl (C=O) groups excluding carboxylic acids is 1. The third kappa shape index (κ3) is 3.79. The van der Waals surface area contributed by atoms with E-state index in [-0.39, 0.29) is 11.6 Å². The van der Waals surface area contributed by atoms with E-state index >= 15 is 0 Å². The highest BCUT2D eigenvalue weighted by Gasteiger charge is 2.30. The molecule has 2 heteroatoms. The van der Waals surface area contributed by atoms with E-state index in [2.05, 4.69) is 46.4 Å². The third-order valence-electron chi connectivity index (χ3n) is 2.35. The lowest BCUT2D eigenvalue weighted by Gasteiger charge is -2.42. The van der Waals surface area contributed by atoms with Crippen molar-refractivity contribution in [1.29, 1.82) is 0 Å². The van der Waals surface area contributed by atoms with Gasteiger partial charge in [-0.3, -0.25) is 4.90 Å². The molecule has 0 fully saturated rings. The van der Waals surface area contributed by atoms with Crippen LogP contribution in [0.5, 0.6) is 0 Å². The second kappa shape index (κ2) is 5.50. The summed E-state index contributed by atoms with van der Waals surface area (Å²) in [4.78, 5) is 13.3. The molecule has 2 nitrogen and oxygen atoms in total. The Kier molecular flexibility index (Phi) is 5.35. The van der Waals surface area contributed by atoms with Crippen molar-refractivity contribution >= 4 is 6.29 Å². The van der Waals surface area contributed by atoms with Crippen LogP contribution in [0.15, 0.2) is 0 Å². The Morgan fingerprint density at radius 2 is 1.86 bits per heavy atom. The Bertz CT molecular complexity index is 170. The molecule has 1 atom stereocenters. The molecule has 0 aromatic rings. The Hall–Kier alpha value is -0.370. The average molecular weight is 198 g/mol. The maximum Gasteiger partial charge on any atom is 0.137 e. The van der Waals surface area contributed by atoms with E-state index in [1.54, 1.807) is 0 Å². The molecule has 1 unspecified atom stereocenters. The van der Waals surface area contributed by atoms with Crippen molar-refractivity contribution in [2.24, 2.45) is 0 Å². The topological polar surface area (TPSA) is 20.3 Å². The van der Waals surface area contributed by atoms with Crippen molar-refractivity contribution < 1.29 is 4.79 Å². The molecule has 0 spiro atoms. The van der Waals surface area contributed by atoms with Crippen molar-refractivity contribution in [1.82, 2.24) is 4.90 Å². The van der Waals surface area contributed by atoms with Crippen LogP contribution in [0.25, 0.3) is 0 Å². The van der Waals surface area contributed by atoms with Crippen LogP contribution >= 0.6 is 0 Å². The lowest BCUT2D eigenvalue weighted by molar-refractivity contribution is -0.115. The van der Waals surface area contributed by atoms with Gasteiger partial charge in [-0.05, 0) is 41.0 Å². The van der Waals surface area contributed by atoms with Crippen LogP contribution < -0.4 is 0 Å². The molecule has 0 N–H and O–H groups in total. The molecular formula is C12H24NO. The summed E-state index contributed by atoms with van der Waals surface area (Å²) < 4.78 is 0. The Morgan fingerprint density at radius 3 is 2.07 bits per heavy atom. The van der Waals surface area contributed by atoms with E-state index in [1.165, 1.54) is 0 Å². The van der Waals surface area contributed by atoms with Crippen LogP contribution in [0.4, 0.5) is 0 Å². The first-order valence-corrected chi connectivity index (χ1v) is 5.37. The molecule has 0 amide bonds. The van der Waals surface area contributed by atoms with Gasteiger partial charge in [-0.1, -0.05) is 13.3 Å². The molecule has 0 bridgehead atoms. The second-order valence-corrected chi connectivity index (χ2v) is 5.02. The number of hydrogen-bond acceptors (Lipinski definition) is 2. The molecule has 0 rings (SSSR count). The molecule has 0 aromatic carbocycles. The fourth-order valence-electron chi connectivity index (χ4n) is 2.14. The molecule has 0 aliphatic carbocycles. The number of nitrogens with zero attached hydrogens (tertiary/aromatic N) is 1. The Labute approximate surface area is 88.7 Å².